The standard InChI is InChI=1S/C32H37Br2N7O4S/c33-20-28(30(42)38-17-12-24(13-18-38)23-10-15-36-16-11-23)41(26-7-2-1-3-8-26)31(43)39-19-14-32(35,29(34)22-39)40-21-25-6-4-5-9-27(25)37-46(40,44)45/h1-11,15-16,24,28-29,37H,12-14,17-22,35H2/t28-,29?,32?/m0/s1. The summed E-state index contributed by atoms with van der Waals surface area (Å²) in [6.45, 7) is 1.65. The van der Waals surface area contributed by atoms with Gasteiger partial charge in [-0.15, -0.1) is 0 Å². The van der Waals surface area contributed by atoms with E-state index in [0.29, 0.717) is 30.4 Å². The maximum atomic E-state index is 14.4. The number of hydrogen-bond donors (Lipinski definition) is 2. The van der Waals surface area contributed by atoms with Gasteiger partial charge in [-0.3, -0.25) is 19.4 Å². The average molecular weight is 776 g/mol. The van der Waals surface area contributed by atoms with Crippen molar-refractivity contribution < 1.29 is 18.0 Å². The highest BCUT2D eigenvalue weighted by atomic mass is 79.9. The topological polar surface area (TPSA) is 132 Å². The summed E-state index contributed by atoms with van der Waals surface area (Å²) >= 11 is 7.22. The van der Waals surface area contributed by atoms with Crippen molar-refractivity contribution in [3.05, 3.63) is 90.3 Å². The van der Waals surface area contributed by atoms with Gasteiger partial charge in [0, 0.05) is 56.1 Å². The summed E-state index contributed by atoms with van der Waals surface area (Å²) in [5.74, 6) is 0.237. The first-order chi connectivity index (χ1) is 22.1. The van der Waals surface area contributed by atoms with Crippen molar-refractivity contribution in [3.8, 4) is 0 Å². The maximum Gasteiger partial charge on any atom is 0.325 e. The van der Waals surface area contributed by atoms with Crippen LogP contribution in [0.2, 0.25) is 0 Å². The highest BCUT2D eigenvalue weighted by Gasteiger charge is 2.51. The number of anilines is 2. The van der Waals surface area contributed by atoms with E-state index in [4.69, 9.17) is 5.73 Å². The number of halogens is 2. The number of benzene rings is 2. The van der Waals surface area contributed by atoms with Gasteiger partial charge in [0.25, 0.3) is 0 Å². The zero-order valence-corrected chi connectivity index (χ0v) is 29.2. The lowest BCUT2D eigenvalue weighted by Crippen LogP contribution is -2.71. The third-order valence-corrected chi connectivity index (χ3v) is 12.5. The van der Waals surface area contributed by atoms with Gasteiger partial charge in [0.1, 0.15) is 11.7 Å². The van der Waals surface area contributed by atoms with E-state index in [9.17, 15) is 18.0 Å². The molecule has 3 aliphatic rings. The van der Waals surface area contributed by atoms with E-state index in [-0.39, 0.29) is 43.3 Å². The number of fused-ring (bicyclic) bond motifs is 1. The smallest absolute Gasteiger partial charge is 0.325 e. The fraction of sp³-hybridized carbons (Fsp3) is 0.406. The van der Waals surface area contributed by atoms with Crippen molar-refractivity contribution in [3.63, 3.8) is 0 Å². The molecule has 46 heavy (non-hydrogen) atoms. The van der Waals surface area contributed by atoms with E-state index in [0.717, 1.165) is 18.4 Å². The zero-order valence-electron chi connectivity index (χ0n) is 25.2. The molecule has 3 N–H and O–H groups in total. The first-order valence-corrected chi connectivity index (χ1v) is 18.8. The van der Waals surface area contributed by atoms with Crippen LogP contribution in [0, 0.1) is 0 Å². The van der Waals surface area contributed by atoms with Crippen LogP contribution in [-0.2, 0) is 21.5 Å². The summed E-state index contributed by atoms with van der Waals surface area (Å²) in [7, 11) is -3.93. The number of para-hydroxylation sites is 2. The lowest BCUT2D eigenvalue weighted by molar-refractivity contribution is -0.133. The quantitative estimate of drug-likeness (QED) is 0.356. The molecule has 2 saturated heterocycles. The number of likely N-dealkylation sites (tertiary alicyclic amines) is 2. The zero-order chi connectivity index (χ0) is 32.5. The predicted molar refractivity (Wildman–Crippen MR) is 185 cm³/mol. The first-order valence-electron chi connectivity index (χ1n) is 15.3. The van der Waals surface area contributed by atoms with Crippen LogP contribution in [-0.4, -0.2) is 87.5 Å². The molecule has 6 rings (SSSR count). The van der Waals surface area contributed by atoms with E-state index in [2.05, 4.69) is 41.6 Å². The SMILES string of the molecule is NC1(N2Cc3ccccc3NS2(=O)=O)CCN(C(=O)N(c2ccccc2)[C@@H](CBr)C(=O)N2CCC(c3ccncc3)CC2)CC1Br. The Morgan fingerprint density at radius 2 is 1.67 bits per heavy atom. The number of nitrogens with zero attached hydrogens (tertiary/aromatic N) is 5. The van der Waals surface area contributed by atoms with E-state index in [1.807, 2.05) is 59.5 Å². The first kappa shape index (κ1) is 32.9. The van der Waals surface area contributed by atoms with Gasteiger partial charge in [-0.05, 0) is 66.6 Å². The third kappa shape index (κ3) is 6.42. The Kier molecular flexibility index (Phi) is 9.72. The summed E-state index contributed by atoms with van der Waals surface area (Å²) in [6, 6.07) is 19.4. The molecule has 2 unspecified atom stereocenters. The summed E-state index contributed by atoms with van der Waals surface area (Å²) in [5.41, 5.74) is 8.77. The summed E-state index contributed by atoms with van der Waals surface area (Å²) < 4.78 is 30.6. The number of carbonyl (C=O) groups excluding carboxylic acids is 2. The van der Waals surface area contributed by atoms with Crippen LogP contribution in [0.4, 0.5) is 16.2 Å². The molecular formula is C32H37Br2N7O4S. The Labute approximate surface area is 286 Å². The number of piperidine rings is 2. The fourth-order valence-electron chi connectivity index (χ4n) is 6.62. The van der Waals surface area contributed by atoms with Crippen molar-refractivity contribution in [2.75, 3.05) is 41.1 Å². The van der Waals surface area contributed by atoms with Crippen molar-refractivity contribution in [1.29, 1.82) is 0 Å². The molecule has 11 nitrogen and oxygen atoms in total. The molecule has 2 aromatic carbocycles. The van der Waals surface area contributed by atoms with E-state index >= 15 is 0 Å². The lowest BCUT2D eigenvalue weighted by atomic mass is 9.90. The molecule has 0 saturated carbocycles. The number of rotatable bonds is 6. The second-order valence-electron chi connectivity index (χ2n) is 12.0. The van der Waals surface area contributed by atoms with Gasteiger partial charge in [0.05, 0.1) is 10.5 Å². The third-order valence-electron chi connectivity index (χ3n) is 9.27. The van der Waals surface area contributed by atoms with Crippen molar-refractivity contribution in [2.45, 2.75) is 48.3 Å². The van der Waals surface area contributed by atoms with E-state index in [1.54, 1.807) is 34.3 Å². The van der Waals surface area contributed by atoms with Gasteiger partial charge in [-0.2, -0.15) is 12.7 Å². The van der Waals surface area contributed by atoms with Crippen LogP contribution in [0.1, 0.15) is 36.3 Å². The van der Waals surface area contributed by atoms with Gasteiger partial charge in [-0.25, -0.2) is 4.79 Å². The number of alkyl halides is 2. The molecule has 4 heterocycles. The van der Waals surface area contributed by atoms with Crippen LogP contribution >= 0.6 is 31.9 Å². The Bertz CT molecular complexity index is 1660. The van der Waals surface area contributed by atoms with Gasteiger partial charge >= 0.3 is 16.2 Å². The van der Waals surface area contributed by atoms with Gasteiger partial charge < -0.3 is 15.5 Å². The second kappa shape index (κ2) is 13.6. The highest BCUT2D eigenvalue weighted by molar-refractivity contribution is 9.09. The molecule has 14 heteroatoms. The molecular weight excluding hydrogens is 738 g/mol. The molecule has 0 aliphatic carbocycles. The number of hydrogen-bond acceptors (Lipinski definition) is 6. The molecule has 0 bridgehead atoms. The monoisotopic (exact) mass is 773 g/mol. The number of nitrogens with two attached hydrogens (primary N) is 1. The number of carbonyl (C=O) groups is 2. The largest absolute Gasteiger partial charge is 0.341 e. The number of nitrogens with one attached hydrogen (secondary N) is 1. The van der Waals surface area contributed by atoms with Crippen molar-refractivity contribution >= 4 is 65.4 Å². The highest BCUT2D eigenvalue weighted by Crippen LogP contribution is 2.38. The van der Waals surface area contributed by atoms with E-state index < -0.39 is 26.7 Å². The molecule has 3 aliphatic heterocycles. The summed E-state index contributed by atoms with van der Waals surface area (Å²) in [5, 5.41) is 0.250. The van der Waals surface area contributed by atoms with Crippen molar-refractivity contribution in [2.24, 2.45) is 5.73 Å². The Hall–Kier alpha value is -3.04. The minimum atomic E-state index is -3.93. The van der Waals surface area contributed by atoms with Gasteiger partial charge in [-0.1, -0.05) is 68.3 Å². The molecule has 3 amide bonds. The van der Waals surface area contributed by atoms with Crippen LogP contribution in [0.25, 0.3) is 0 Å². The van der Waals surface area contributed by atoms with Gasteiger partial charge in [0.15, 0.2) is 0 Å². The summed E-state index contributed by atoms with van der Waals surface area (Å²) in [6.07, 6.45) is 5.45. The van der Waals surface area contributed by atoms with Gasteiger partial charge in [0.2, 0.25) is 5.91 Å². The second-order valence-corrected chi connectivity index (χ2v) is 15.3. The number of aromatic nitrogens is 1. The van der Waals surface area contributed by atoms with E-state index in [1.165, 1.54) is 9.87 Å². The molecule has 1 aromatic heterocycles. The predicted octanol–water partition coefficient (Wildman–Crippen LogP) is 4.47. The van der Waals surface area contributed by atoms with Crippen LogP contribution in [0.15, 0.2) is 79.1 Å². The molecule has 3 aromatic rings. The summed E-state index contributed by atoms with van der Waals surface area (Å²) in [4.78, 5) is 37.1. The Morgan fingerprint density at radius 3 is 2.35 bits per heavy atom. The fourth-order valence-corrected chi connectivity index (χ4v) is 9.71. The van der Waals surface area contributed by atoms with Crippen LogP contribution in [0.3, 0.4) is 0 Å². The number of pyridine rings is 1. The molecule has 2 fully saturated rings. The normalized spacial score (nSPS) is 24.0. The molecule has 244 valence electrons. The molecule has 0 radical (unpaired) electrons. The number of urea groups is 1. The van der Waals surface area contributed by atoms with Crippen LogP contribution in [0.5, 0.6) is 0 Å². The molecule has 3 atom stereocenters. The number of amides is 3. The average Bonchev–Trinajstić information content (AvgIpc) is 3.08. The maximum absolute atomic E-state index is 14.4. The Morgan fingerprint density at radius 1 is 1.00 bits per heavy atom. The minimum absolute atomic E-state index is 0.117. The lowest BCUT2D eigenvalue weighted by Gasteiger charge is -2.50. The van der Waals surface area contributed by atoms with Crippen molar-refractivity contribution in [1.82, 2.24) is 19.1 Å². The Balaban J connectivity index is 1.20. The minimum Gasteiger partial charge on any atom is -0.341 e. The molecule has 0 spiro atoms. The van der Waals surface area contributed by atoms with Crippen LogP contribution < -0.4 is 15.4 Å².